The lowest BCUT2D eigenvalue weighted by atomic mass is 10.2. The van der Waals surface area contributed by atoms with Crippen LogP contribution in [-0.2, 0) is 10.0 Å². The molecule has 8 heteroatoms. The first-order chi connectivity index (χ1) is 12.8. The van der Waals surface area contributed by atoms with E-state index in [1.807, 2.05) is 6.92 Å². The average molecular weight is 390 g/mol. The van der Waals surface area contributed by atoms with Crippen molar-refractivity contribution in [3.05, 3.63) is 58.1 Å². The van der Waals surface area contributed by atoms with Crippen molar-refractivity contribution in [1.82, 2.24) is 0 Å². The second-order valence-electron chi connectivity index (χ2n) is 6.78. The van der Waals surface area contributed by atoms with E-state index in [-0.39, 0.29) is 16.6 Å². The number of ether oxygens (including phenoxy) is 1. The molecule has 0 aliphatic heterocycles. The van der Waals surface area contributed by atoms with Crippen LogP contribution < -0.4 is 9.04 Å². The van der Waals surface area contributed by atoms with E-state index in [4.69, 9.17) is 4.74 Å². The molecular formula is C19H22N2O5S. The summed E-state index contributed by atoms with van der Waals surface area (Å²) in [5, 5.41) is 11.0. The monoisotopic (exact) mass is 390 g/mol. The first kappa shape index (κ1) is 19.2. The van der Waals surface area contributed by atoms with Gasteiger partial charge in [0.25, 0.3) is 15.7 Å². The van der Waals surface area contributed by atoms with E-state index < -0.39 is 14.9 Å². The highest BCUT2D eigenvalue weighted by Gasteiger charge is 2.39. The molecule has 0 aromatic heterocycles. The Kier molecular flexibility index (Phi) is 5.10. The Bertz CT molecular complexity index is 953. The van der Waals surface area contributed by atoms with Gasteiger partial charge in [-0.15, -0.1) is 0 Å². The molecule has 27 heavy (non-hydrogen) atoms. The molecule has 0 saturated heterocycles. The molecule has 1 fully saturated rings. The molecule has 1 aliphatic rings. The first-order valence-electron chi connectivity index (χ1n) is 8.69. The Balaban J connectivity index is 2.08. The van der Waals surface area contributed by atoms with E-state index in [9.17, 15) is 18.5 Å². The molecular weight excluding hydrogens is 368 g/mol. The van der Waals surface area contributed by atoms with Gasteiger partial charge in [-0.1, -0.05) is 0 Å². The van der Waals surface area contributed by atoms with Crippen molar-refractivity contribution in [2.45, 2.75) is 37.6 Å². The Labute approximate surface area is 158 Å². The van der Waals surface area contributed by atoms with E-state index in [1.165, 1.54) is 22.5 Å². The Morgan fingerprint density at radius 2 is 1.81 bits per heavy atom. The van der Waals surface area contributed by atoms with Gasteiger partial charge in [-0.2, -0.15) is 0 Å². The van der Waals surface area contributed by atoms with Crippen molar-refractivity contribution in [3.8, 4) is 5.75 Å². The predicted molar refractivity (Wildman–Crippen MR) is 103 cm³/mol. The lowest BCUT2D eigenvalue weighted by molar-refractivity contribution is -0.385. The van der Waals surface area contributed by atoms with Gasteiger partial charge in [0, 0.05) is 18.2 Å². The maximum atomic E-state index is 13.5. The van der Waals surface area contributed by atoms with Gasteiger partial charge in [-0.25, -0.2) is 8.42 Å². The van der Waals surface area contributed by atoms with E-state index >= 15 is 0 Å². The number of nitrogens with zero attached hydrogens (tertiary/aromatic N) is 2. The molecule has 0 amide bonds. The van der Waals surface area contributed by atoms with Crippen molar-refractivity contribution in [2.75, 3.05) is 11.4 Å². The number of anilines is 1. The lowest BCUT2D eigenvalue weighted by Crippen LogP contribution is -2.40. The summed E-state index contributed by atoms with van der Waals surface area (Å²) in [7, 11) is -2.33. The minimum atomic E-state index is -3.88. The van der Waals surface area contributed by atoms with Crippen LogP contribution in [0.5, 0.6) is 5.75 Å². The fourth-order valence-electron chi connectivity index (χ4n) is 3.23. The van der Waals surface area contributed by atoms with Crippen LogP contribution in [0, 0.1) is 23.0 Å². The molecule has 0 heterocycles. The van der Waals surface area contributed by atoms with Crippen LogP contribution >= 0.6 is 0 Å². The fraction of sp³-hybridized carbons (Fsp3) is 0.368. The summed E-state index contributed by atoms with van der Waals surface area (Å²) in [6.07, 6.45) is 1.98. The minimum Gasteiger partial charge on any atom is -0.497 e. The minimum absolute atomic E-state index is 0.0800. The third-order valence-electron chi connectivity index (χ3n) is 4.91. The van der Waals surface area contributed by atoms with Gasteiger partial charge < -0.3 is 4.74 Å². The predicted octanol–water partition coefficient (Wildman–Crippen LogP) is 3.91. The van der Waals surface area contributed by atoms with Gasteiger partial charge in [0.15, 0.2) is 0 Å². The summed E-state index contributed by atoms with van der Waals surface area (Å²) < 4.78 is 33.6. The molecule has 2 aromatic rings. The number of sulfonamides is 1. The van der Waals surface area contributed by atoms with Crippen molar-refractivity contribution < 1.29 is 18.1 Å². The molecule has 144 valence electrons. The maximum absolute atomic E-state index is 13.5. The Morgan fingerprint density at radius 1 is 1.19 bits per heavy atom. The summed E-state index contributed by atoms with van der Waals surface area (Å²) in [5.41, 5.74) is 0.774. The zero-order chi connectivity index (χ0) is 19.8. The number of nitro benzene ring substituents is 1. The van der Waals surface area contributed by atoms with E-state index in [0.29, 0.717) is 22.9 Å². The number of hydrogen-bond donors (Lipinski definition) is 0. The largest absolute Gasteiger partial charge is 0.497 e. The van der Waals surface area contributed by atoms with Gasteiger partial charge in [0.1, 0.15) is 5.75 Å². The average Bonchev–Trinajstić information content (AvgIpc) is 3.47. The van der Waals surface area contributed by atoms with Crippen LogP contribution in [0.3, 0.4) is 0 Å². The smallest absolute Gasteiger partial charge is 0.269 e. The SMILES string of the molecule is COc1ccc(N(C(C)C2CC2)S(=O)(=O)c2ccc([N+](=O)[O-])cc2C)cc1. The molecule has 0 bridgehead atoms. The van der Waals surface area contributed by atoms with E-state index in [1.54, 1.807) is 38.3 Å². The van der Waals surface area contributed by atoms with Gasteiger partial charge in [-0.3, -0.25) is 14.4 Å². The quantitative estimate of drug-likeness (QED) is 0.528. The molecule has 1 saturated carbocycles. The van der Waals surface area contributed by atoms with Gasteiger partial charge in [-0.05, 0) is 68.5 Å². The summed E-state index contributed by atoms with van der Waals surface area (Å²) in [4.78, 5) is 10.5. The molecule has 1 unspecified atom stereocenters. The molecule has 2 aromatic carbocycles. The second kappa shape index (κ2) is 7.19. The van der Waals surface area contributed by atoms with Crippen LogP contribution in [0.1, 0.15) is 25.3 Å². The zero-order valence-electron chi connectivity index (χ0n) is 15.5. The Morgan fingerprint density at radius 3 is 2.30 bits per heavy atom. The number of methoxy groups -OCH3 is 1. The fourth-order valence-corrected chi connectivity index (χ4v) is 5.16. The van der Waals surface area contributed by atoms with Crippen LogP contribution in [-0.4, -0.2) is 26.5 Å². The third kappa shape index (κ3) is 3.75. The van der Waals surface area contributed by atoms with Crippen molar-refractivity contribution in [2.24, 2.45) is 5.92 Å². The molecule has 1 atom stereocenters. The lowest BCUT2D eigenvalue weighted by Gasteiger charge is -2.31. The summed E-state index contributed by atoms with van der Waals surface area (Å²) in [6, 6.07) is 10.5. The van der Waals surface area contributed by atoms with Crippen LogP contribution in [0.2, 0.25) is 0 Å². The number of rotatable bonds is 7. The van der Waals surface area contributed by atoms with Gasteiger partial charge in [0.2, 0.25) is 0 Å². The topological polar surface area (TPSA) is 89.8 Å². The molecule has 7 nitrogen and oxygen atoms in total. The summed E-state index contributed by atoms with van der Waals surface area (Å²) in [6.45, 7) is 3.48. The summed E-state index contributed by atoms with van der Waals surface area (Å²) in [5.74, 6) is 0.946. The van der Waals surface area contributed by atoms with Crippen molar-refractivity contribution >= 4 is 21.4 Å². The molecule has 0 N–H and O–H groups in total. The van der Waals surface area contributed by atoms with E-state index in [2.05, 4.69) is 0 Å². The number of nitro groups is 1. The van der Waals surface area contributed by atoms with Gasteiger partial charge in [0.05, 0.1) is 22.6 Å². The standard InChI is InChI=1S/C19H22N2O5S/c1-13-12-17(21(22)23)8-11-19(13)27(24,25)20(14(2)15-4-5-15)16-6-9-18(26-3)10-7-16/h6-12,14-15H,4-5H2,1-3H3. The van der Waals surface area contributed by atoms with E-state index in [0.717, 1.165) is 12.8 Å². The Hall–Kier alpha value is -2.61. The number of aryl methyl sites for hydroxylation is 1. The van der Waals surface area contributed by atoms with Crippen molar-refractivity contribution in [1.29, 1.82) is 0 Å². The van der Waals surface area contributed by atoms with Gasteiger partial charge >= 0.3 is 0 Å². The van der Waals surface area contributed by atoms with Crippen LogP contribution in [0.4, 0.5) is 11.4 Å². The third-order valence-corrected chi connectivity index (χ3v) is 6.98. The van der Waals surface area contributed by atoms with Crippen LogP contribution in [0.15, 0.2) is 47.4 Å². The molecule has 0 spiro atoms. The van der Waals surface area contributed by atoms with Crippen molar-refractivity contribution in [3.63, 3.8) is 0 Å². The molecule has 3 rings (SSSR count). The van der Waals surface area contributed by atoms with Crippen LogP contribution in [0.25, 0.3) is 0 Å². The summed E-state index contributed by atoms with van der Waals surface area (Å²) >= 11 is 0. The maximum Gasteiger partial charge on any atom is 0.269 e. The molecule has 1 aliphatic carbocycles. The number of benzene rings is 2. The second-order valence-corrected chi connectivity index (χ2v) is 8.57. The number of non-ortho nitro benzene ring substituents is 1. The molecule has 0 radical (unpaired) electrons. The highest BCUT2D eigenvalue weighted by atomic mass is 32.2. The zero-order valence-corrected chi connectivity index (χ0v) is 16.3. The normalized spacial score (nSPS) is 15.2. The highest BCUT2D eigenvalue weighted by molar-refractivity contribution is 7.93. The first-order valence-corrected chi connectivity index (χ1v) is 10.1. The highest BCUT2D eigenvalue weighted by Crippen LogP contribution is 2.40. The number of hydrogen-bond acceptors (Lipinski definition) is 5.